The van der Waals surface area contributed by atoms with Crippen molar-refractivity contribution in [1.29, 1.82) is 0 Å². The number of nitrogens with zero attached hydrogens (tertiary/aromatic N) is 1. The molecule has 0 saturated heterocycles. The van der Waals surface area contributed by atoms with Crippen molar-refractivity contribution in [3.05, 3.63) is 84.6 Å². The minimum Gasteiger partial charge on any atom is -0.187 e. The van der Waals surface area contributed by atoms with Crippen LogP contribution in [-0.4, -0.2) is 8.07 Å². The lowest BCUT2D eigenvalue weighted by molar-refractivity contribution is -0.758. The van der Waals surface area contributed by atoms with Gasteiger partial charge in [0.05, 0.1) is 19.1 Å². The average Bonchev–Trinajstić information content (AvgIpc) is 2.74. The number of benzene rings is 2. The van der Waals surface area contributed by atoms with E-state index in [2.05, 4.69) is 117 Å². The number of hydrogen-bond donors (Lipinski definition) is 0. The molecule has 0 amide bonds. The van der Waals surface area contributed by atoms with Gasteiger partial charge in [-0.1, -0.05) is 88.1 Å². The molecule has 152 valence electrons. The number of aromatic nitrogens is 1. The Balaban J connectivity index is 1.90. The first-order chi connectivity index (χ1) is 14.4. The number of rotatable bonds is 4. The Bertz CT molecular complexity index is 1160. The molecule has 2 aliphatic rings. The maximum atomic E-state index is 2.63. The summed E-state index contributed by atoms with van der Waals surface area (Å²) in [5.41, 5.74) is 7.16. The third kappa shape index (κ3) is 2.37. The van der Waals surface area contributed by atoms with Crippen molar-refractivity contribution in [3.63, 3.8) is 0 Å². The molecule has 0 bridgehead atoms. The van der Waals surface area contributed by atoms with Crippen LogP contribution in [0.3, 0.4) is 0 Å². The van der Waals surface area contributed by atoms with Crippen LogP contribution in [0.15, 0.2) is 79.0 Å². The van der Waals surface area contributed by atoms with Gasteiger partial charge < -0.3 is 0 Å². The molecule has 2 atom stereocenters. The number of allylic oxidation sites excluding steroid dienone is 2. The molecule has 1 aliphatic carbocycles. The fraction of sp³-hybridized carbons (Fsp3) is 0.321. The van der Waals surface area contributed by atoms with Crippen LogP contribution in [-0.2, 0) is 11.0 Å². The van der Waals surface area contributed by atoms with Crippen LogP contribution < -0.4 is 9.75 Å². The van der Waals surface area contributed by atoms with Crippen LogP contribution in [0.25, 0.3) is 22.4 Å². The van der Waals surface area contributed by atoms with E-state index in [9.17, 15) is 0 Å². The fourth-order valence-corrected chi connectivity index (χ4v) is 7.55. The molecule has 0 N–H and O–H groups in total. The van der Waals surface area contributed by atoms with Gasteiger partial charge in [0.2, 0.25) is 5.69 Å². The van der Waals surface area contributed by atoms with E-state index in [-0.39, 0.29) is 11.0 Å². The first-order valence-electron chi connectivity index (χ1n) is 11.3. The predicted molar refractivity (Wildman–Crippen MR) is 130 cm³/mol. The second-order valence-electron chi connectivity index (χ2n) is 9.95. The van der Waals surface area contributed by atoms with Crippen molar-refractivity contribution >= 4 is 13.3 Å². The summed E-state index contributed by atoms with van der Waals surface area (Å²) in [5, 5.41) is 1.55. The van der Waals surface area contributed by atoms with Crippen molar-refractivity contribution in [1.82, 2.24) is 0 Å². The first kappa shape index (κ1) is 19.5. The number of pyridine rings is 1. The van der Waals surface area contributed by atoms with Crippen molar-refractivity contribution in [2.75, 3.05) is 0 Å². The van der Waals surface area contributed by atoms with E-state index >= 15 is 0 Å². The molecule has 3 aromatic rings. The molecular formula is C28H32NSi+. The molecule has 1 aliphatic heterocycles. The summed E-state index contributed by atoms with van der Waals surface area (Å²) in [6.45, 7) is 12.1. The summed E-state index contributed by atoms with van der Waals surface area (Å²) in [5.74, 6) is 0. The van der Waals surface area contributed by atoms with E-state index in [1.807, 2.05) is 0 Å². The van der Waals surface area contributed by atoms with Crippen LogP contribution in [0.2, 0.25) is 19.6 Å². The van der Waals surface area contributed by atoms with Crippen molar-refractivity contribution in [2.24, 2.45) is 0 Å². The SMILES string of the molecule is CCC12C=CC1(CC)[n+]1cc(-c3ccccc3)c([Si](C)(C)C)cc1-c1ccccc12. The number of fused-ring (bicyclic) bond motifs is 6. The van der Waals surface area contributed by atoms with E-state index in [0.717, 1.165) is 12.8 Å². The Morgan fingerprint density at radius 3 is 2.10 bits per heavy atom. The molecule has 1 aromatic heterocycles. The van der Waals surface area contributed by atoms with Crippen LogP contribution in [0, 0.1) is 0 Å². The summed E-state index contributed by atoms with van der Waals surface area (Å²) in [4.78, 5) is 0. The average molecular weight is 411 g/mol. The summed E-state index contributed by atoms with van der Waals surface area (Å²) >= 11 is 0. The molecule has 0 radical (unpaired) electrons. The highest BCUT2D eigenvalue weighted by molar-refractivity contribution is 6.89. The lowest BCUT2D eigenvalue weighted by atomic mass is 9.52. The summed E-state index contributed by atoms with van der Waals surface area (Å²) in [6.07, 6.45) is 9.66. The molecule has 2 aromatic carbocycles. The van der Waals surface area contributed by atoms with Crippen LogP contribution in [0.1, 0.15) is 32.3 Å². The minimum atomic E-state index is -1.56. The molecule has 2 unspecified atom stereocenters. The van der Waals surface area contributed by atoms with Gasteiger partial charge in [-0.3, -0.25) is 0 Å². The largest absolute Gasteiger partial charge is 0.213 e. The second-order valence-corrected chi connectivity index (χ2v) is 15.0. The Kier molecular flexibility index (Phi) is 4.24. The van der Waals surface area contributed by atoms with Gasteiger partial charge in [0.1, 0.15) is 0 Å². The quantitative estimate of drug-likeness (QED) is 0.274. The van der Waals surface area contributed by atoms with E-state index in [1.54, 1.807) is 5.19 Å². The number of hydrogen-bond acceptors (Lipinski definition) is 0. The molecule has 0 saturated carbocycles. The lowest BCUT2D eigenvalue weighted by Gasteiger charge is -2.52. The standard InChI is InChI=1S/C28H32NSi/c1-6-27-17-18-28(27,7-2)29-20-23(21-13-9-8-10-14-21)26(30(3,4)5)19-25(29)22-15-11-12-16-24(22)27/h8-20H,6-7H2,1-5H3/q+1. The maximum Gasteiger partial charge on any atom is 0.213 e. The van der Waals surface area contributed by atoms with E-state index in [0.29, 0.717) is 0 Å². The van der Waals surface area contributed by atoms with Crippen LogP contribution >= 0.6 is 0 Å². The topological polar surface area (TPSA) is 3.88 Å². The van der Waals surface area contributed by atoms with Gasteiger partial charge in [0.15, 0.2) is 11.7 Å². The maximum absolute atomic E-state index is 2.63. The van der Waals surface area contributed by atoms with Gasteiger partial charge in [-0.25, -0.2) is 0 Å². The van der Waals surface area contributed by atoms with Crippen molar-refractivity contribution in [3.8, 4) is 22.4 Å². The second kappa shape index (κ2) is 6.52. The molecule has 2 heterocycles. The lowest BCUT2D eigenvalue weighted by Crippen LogP contribution is -2.72. The Morgan fingerprint density at radius 1 is 0.800 bits per heavy atom. The summed E-state index contributed by atoms with van der Waals surface area (Å²) < 4.78 is 2.63. The van der Waals surface area contributed by atoms with Crippen LogP contribution in [0.4, 0.5) is 0 Å². The third-order valence-electron chi connectivity index (χ3n) is 7.61. The fourth-order valence-electron chi connectivity index (χ4n) is 5.97. The Labute approximate surface area is 182 Å². The smallest absolute Gasteiger partial charge is 0.187 e. The zero-order chi connectivity index (χ0) is 21.1. The third-order valence-corrected chi connectivity index (χ3v) is 9.64. The summed E-state index contributed by atoms with van der Waals surface area (Å²) in [7, 11) is -1.56. The molecule has 2 heteroatoms. The molecule has 0 spiro atoms. The zero-order valence-corrected chi connectivity index (χ0v) is 19.9. The van der Waals surface area contributed by atoms with Crippen LogP contribution in [0.5, 0.6) is 0 Å². The molecule has 1 nitrogen and oxygen atoms in total. The predicted octanol–water partition coefficient (Wildman–Crippen LogP) is 6.19. The molecule has 0 fully saturated rings. The summed E-state index contributed by atoms with van der Waals surface area (Å²) in [6, 6.07) is 22.6. The van der Waals surface area contributed by atoms with E-state index in [4.69, 9.17) is 0 Å². The van der Waals surface area contributed by atoms with E-state index < -0.39 is 8.07 Å². The van der Waals surface area contributed by atoms with Gasteiger partial charge >= 0.3 is 0 Å². The Morgan fingerprint density at radius 2 is 1.50 bits per heavy atom. The zero-order valence-electron chi connectivity index (χ0n) is 18.9. The van der Waals surface area contributed by atoms with Gasteiger partial charge in [0, 0.05) is 18.1 Å². The van der Waals surface area contributed by atoms with Gasteiger partial charge in [-0.15, -0.1) is 0 Å². The molecular weight excluding hydrogens is 378 g/mol. The highest BCUT2D eigenvalue weighted by atomic mass is 28.3. The molecule has 5 rings (SSSR count). The van der Waals surface area contributed by atoms with Gasteiger partial charge in [-0.05, 0) is 34.9 Å². The first-order valence-corrected chi connectivity index (χ1v) is 14.8. The van der Waals surface area contributed by atoms with E-state index in [1.165, 1.54) is 27.9 Å². The highest BCUT2D eigenvalue weighted by Crippen LogP contribution is 2.56. The van der Waals surface area contributed by atoms with Crippen molar-refractivity contribution in [2.45, 2.75) is 57.3 Å². The van der Waals surface area contributed by atoms with Gasteiger partial charge in [-0.2, -0.15) is 4.57 Å². The molecule has 30 heavy (non-hydrogen) atoms. The normalized spacial score (nSPS) is 23.9. The minimum absolute atomic E-state index is 0.0208. The van der Waals surface area contributed by atoms with Gasteiger partial charge in [0.25, 0.3) is 0 Å². The highest BCUT2D eigenvalue weighted by Gasteiger charge is 2.64. The Hall–Kier alpha value is -2.45. The monoisotopic (exact) mass is 410 g/mol. The van der Waals surface area contributed by atoms with Crippen molar-refractivity contribution < 1.29 is 4.57 Å².